The molecule has 2 aromatic rings. The van der Waals surface area contributed by atoms with Crippen molar-refractivity contribution < 1.29 is 9.90 Å². The van der Waals surface area contributed by atoms with Gasteiger partial charge in [0.05, 0.1) is 6.54 Å². The first-order valence-electron chi connectivity index (χ1n) is 7.48. The fourth-order valence-corrected chi connectivity index (χ4v) is 2.68. The number of aliphatic carboxylic acids is 1. The SMILES string of the molecule is Cc1nccn1-c1ccc(C(C)N(CC(=O)O)C(C)C)cc1. The third-order valence-electron chi connectivity index (χ3n) is 3.96. The van der Waals surface area contributed by atoms with E-state index in [1.54, 1.807) is 6.20 Å². The Balaban J connectivity index is 2.21. The zero-order valence-electron chi connectivity index (χ0n) is 13.5. The van der Waals surface area contributed by atoms with Gasteiger partial charge in [-0.05, 0) is 45.4 Å². The summed E-state index contributed by atoms with van der Waals surface area (Å²) in [6.45, 7) is 8.08. The highest BCUT2D eigenvalue weighted by Gasteiger charge is 2.21. The number of benzene rings is 1. The molecule has 1 aromatic carbocycles. The van der Waals surface area contributed by atoms with Crippen molar-refractivity contribution in [3.63, 3.8) is 0 Å². The van der Waals surface area contributed by atoms with Crippen molar-refractivity contribution in [3.8, 4) is 5.69 Å². The Morgan fingerprint density at radius 3 is 2.36 bits per heavy atom. The zero-order valence-corrected chi connectivity index (χ0v) is 13.5. The molecule has 0 bridgehead atoms. The van der Waals surface area contributed by atoms with Gasteiger partial charge in [0.2, 0.25) is 0 Å². The Morgan fingerprint density at radius 1 is 1.27 bits per heavy atom. The van der Waals surface area contributed by atoms with Gasteiger partial charge in [-0.25, -0.2) is 4.98 Å². The summed E-state index contributed by atoms with van der Waals surface area (Å²) in [6, 6.07) is 8.41. The van der Waals surface area contributed by atoms with Gasteiger partial charge < -0.3 is 9.67 Å². The molecule has 1 N–H and O–H groups in total. The third kappa shape index (κ3) is 3.54. The predicted octanol–water partition coefficient (Wildman–Crippen LogP) is 3.04. The lowest BCUT2D eigenvalue weighted by Gasteiger charge is -2.31. The van der Waals surface area contributed by atoms with Crippen LogP contribution in [-0.4, -0.2) is 38.1 Å². The maximum Gasteiger partial charge on any atom is 0.317 e. The summed E-state index contributed by atoms with van der Waals surface area (Å²) in [5.74, 6) is 0.140. The second kappa shape index (κ2) is 6.75. The molecule has 0 saturated carbocycles. The van der Waals surface area contributed by atoms with E-state index in [0.29, 0.717) is 0 Å². The molecule has 1 atom stereocenters. The topological polar surface area (TPSA) is 58.4 Å². The van der Waals surface area contributed by atoms with E-state index >= 15 is 0 Å². The van der Waals surface area contributed by atoms with Crippen LogP contribution < -0.4 is 0 Å². The van der Waals surface area contributed by atoms with Crippen LogP contribution in [0.1, 0.15) is 38.2 Å². The predicted molar refractivity (Wildman–Crippen MR) is 86.2 cm³/mol. The van der Waals surface area contributed by atoms with Crippen molar-refractivity contribution in [1.82, 2.24) is 14.5 Å². The molecule has 22 heavy (non-hydrogen) atoms. The van der Waals surface area contributed by atoms with Crippen molar-refractivity contribution >= 4 is 5.97 Å². The molecule has 0 amide bonds. The molecule has 1 unspecified atom stereocenters. The summed E-state index contributed by atoms with van der Waals surface area (Å²) in [4.78, 5) is 17.2. The van der Waals surface area contributed by atoms with E-state index in [0.717, 1.165) is 17.1 Å². The molecule has 0 aliphatic heterocycles. The molecule has 2 rings (SSSR count). The monoisotopic (exact) mass is 301 g/mol. The number of nitrogens with zero attached hydrogens (tertiary/aromatic N) is 3. The molecule has 1 heterocycles. The number of hydrogen-bond acceptors (Lipinski definition) is 3. The van der Waals surface area contributed by atoms with E-state index in [4.69, 9.17) is 5.11 Å². The van der Waals surface area contributed by atoms with Crippen LogP contribution in [0.25, 0.3) is 5.69 Å². The van der Waals surface area contributed by atoms with Gasteiger partial charge in [-0.15, -0.1) is 0 Å². The van der Waals surface area contributed by atoms with Gasteiger partial charge in [0.15, 0.2) is 0 Å². The smallest absolute Gasteiger partial charge is 0.317 e. The van der Waals surface area contributed by atoms with Crippen LogP contribution in [0.4, 0.5) is 0 Å². The molecule has 0 spiro atoms. The van der Waals surface area contributed by atoms with Crippen molar-refractivity contribution in [2.45, 2.75) is 39.8 Å². The first-order valence-corrected chi connectivity index (χ1v) is 7.48. The van der Waals surface area contributed by atoms with Crippen LogP contribution in [-0.2, 0) is 4.79 Å². The summed E-state index contributed by atoms with van der Waals surface area (Å²) >= 11 is 0. The van der Waals surface area contributed by atoms with Gasteiger partial charge in [-0.1, -0.05) is 12.1 Å². The van der Waals surface area contributed by atoms with E-state index in [9.17, 15) is 4.79 Å². The van der Waals surface area contributed by atoms with E-state index in [2.05, 4.69) is 17.1 Å². The molecule has 0 radical (unpaired) electrons. The fourth-order valence-electron chi connectivity index (χ4n) is 2.68. The second-order valence-electron chi connectivity index (χ2n) is 5.77. The lowest BCUT2D eigenvalue weighted by molar-refractivity contribution is -0.139. The van der Waals surface area contributed by atoms with E-state index in [1.807, 2.05) is 55.5 Å². The summed E-state index contributed by atoms with van der Waals surface area (Å²) < 4.78 is 2.02. The minimum absolute atomic E-state index is 0.0429. The second-order valence-corrected chi connectivity index (χ2v) is 5.77. The van der Waals surface area contributed by atoms with Gasteiger partial charge >= 0.3 is 5.97 Å². The summed E-state index contributed by atoms with van der Waals surface area (Å²) in [5, 5.41) is 9.08. The standard InChI is InChI=1S/C17H23N3O2/c1-12(2)20(11-17(21)22)13(3)15-5-7-16(8-6-15)19-10-9-18-14(19)4/h5-10,12-13H,11H2,1-4H3,(H,21,22). The van der Waals surface area contributed by atoms with Gasteiger partial charge in [0.25, 0.3) is 0 Å². The van der Waals surface area contributed by atoms with Crippen molar-refractivity contribution in [1.29, 1.82) is 0 Å². The number of carbonyl (C=O) groups is 1. The number of rotatable bonds is 6. The van der Waals surface area contributed by atoms with Crippen molar-refractivity contribution in [2.75, 3.05) is 6.54 Å². The molecule has 0 fully saturated rings. The summed E-state index contributed by atoms with van der Waals surface area (Å²) in [6.07, 6.45) is 3.71. The quantitative estimate of drug-likeness (QED) is 0.891. The number of carboxylic acids is 1. The Hall–Kier alpha value is -2.14. The minimum Gasteiger partial charge on any atom is -0.480 e. The zero-order chi connectivity index (χ0) is 16.3. The van der Waals surface area contributed by atoms with Crippen LogP contribution >= 0.6 is 0 Å². The van der Waals surface area contributed by atoms with Gasteiger partial charge in [-0.2, -0.15) is 0 Å². The Bertz CT molecular complexity index is 632. The molecule has 0 aliphatic carbocycles. The lowest BCUT2D eigenvalue weighted by Crippen LogP contribution is -2.37. The molecule has 118 valence electrons. The van der Waals surface area contributed by atoms with Gasteiger partial charge in [-0.3, -0.25) is 9.69 Å². The maximum atomic E-state index is 11.0. The highest BCUT2D eigenvalue weighted by atomic mass is 16.4. The molecular formula is C17H23N3O2. The highest BCUT2D eigenvalue weighted by Crippen LogP contribution is 2.23. The van der Waals surface area contributed by atoms with Gasteiger partial charge in [0, 0.05) is 30.2 Å². The number of hydrogen-bond donors (Lipinski definition) is 1. The first-order chi connectivity index (χ1) is 10.4. The minimum atomic E-state index is -0.800. The van der Waals surface area contributed by atoms with E-state index in [1.165, 1.54) is 0 Å². The maximum absolute atomic E-state index is 11.0. The van der Waals surface area contributed by atoms with Crippen LogP contribution in [0, 0.1) is 6.92 Å². The molecule has 0 saturated heterocycles. The molecular weight excluding hydrogens is 278 g/mol. The van der Waals surface area contributed by atoms with E-state index < -0.39 is 5.97 Å². The molecule has 0 aliphatic rings. The van der Waals surface area contributed by atoms with Crippen molar-refractivity contribution in [3.05, 3.63) is 48.0 Å². The third-order valence-corrected chi connectivity index (χ3v) is 3.96. The Morgan fingerprint density at radius 2 is 1.91 bits per heavy atom. The number of carboxylic acid groups (broad SMARTS) is 1. The lowest BCUT2D eigenvalue weighted by atomic mass is 10.0. The van der Waals surface area contributed by atoms with Crippen LogP contribution in [0.15, 0.2) is 36.7 Å². The summed E-state index contributed by atoms with van der Waals surface area (Å²) in [7, 11) is 0. The first kappa shape index (κ1) is 16.2. The number of imidazole rings is 1. The fraction of sp³-hybridized carbons (Fsp3) is 0.412. The number of aromatic nitrogens is 2. The average Bonchev–Trinajstić information content (AvgIpc) is 2.90. The molecule has 5 heteroatoms. The van der Waals surface area contributed by atoms with Crippen LogP contribution in [0.2, 0.25) is 0 Å². The van der Waals surface area contributed by atoms with E-state index in [-0.39, 0.29) is 18.6 Å². The number of aryl methyl sites for hydroxylation is 1. The molecule has 1 aromatic heterocycles. The highest BCUT2D eigenvalue weighted by molar-refractivity contribution is 5.69. The van der Waals surface area contributed by atoms with Gasteiger partial charge in [0.1, 0.15) is 5.82 Å². The van der Waals surface area contributed by atoms with Crippen molar-refractivity contribution in [2.24, 2.45) is 0 Å². The normalized spacial score (nSPS) is 12.8. The average molecular weight is 301 g/mol. The Kier molecular flexibility index (Phi) is 4.98. The molecule has 5 nitrogen and oxygen atoms in total. The Labute approximate surface area is 131 Å². The summed E-state index contributed by atoms with van der Waals surface area (Å²) in [5.41, 5.74) is 2.16. The van der Waals surface area contributed by atoms with Crippen LogP contribution in [0.5, 0.6) is 0 Å². The van der Waals surface area contributed by atoms with Crippen LogP contribution in [0.3, 0.4) is 0 Å². The largest absolute Gasteiger partial charge is 0.480 e.